The van der Waals surface area contributed by atoms with Gasteiger partial charge in [0.2, 0.25) is 0 Å². The quantitative estimate of drug-likeness (QED) is 0.476. The van der Waals surface area contributed by atoms with Gasteiger partial charge in [0.1, 0.15) is 11.6 Å². The van der Waals surface area contributed by atoms with Crippen molar-refractivity contribution in [3.05, 3.63) is 65.3 Å². The Hall–Kier alpha value is -2.42. The average molecular weight is 344 g/mol. The summed E-state index contributed by atoms with van der Waals surface area (Å²) in [7, 11) is 0. The van der Waals surface area contributed by atoms with Gasteiger partial charge in [-0.05, 0) is 42.7 Å². The minimum Gasteiger partial charge on any atom is -0.360 e. The summed E-state index contributed by atoms with van der Waals surface area (Å²) in [6.07, 6.45) is 3.37. The molecule has 2 rings (SSSR count). The fourth-order valence-corrected chi connectivity index (χ4v) is 2.43. The van der Waals surface area contributed by atoms with Crippen LogP contribution in [0, 0.1) is 11.3 Å². The fraction of sp³-hybridized carbons (Fsp3) is 0.0588. The second kappa shape index (κ2) is 8.28. The van der Waals surface area contributed by atoms with Gasteiger partial charge in [-0.25, -0.2) is 0 Å². The SMILES string of the molecule is CSc1cccc(N/C=C(/C#N)C(=O)Nc2cccc(Cl)c2)c1. The summed E-state index contributed by atoms with van der Waals surface area (Å²) in [5.74, 6) is -0.497. The Bertz CT molecular complexity index is 783. The first-order valence-corrected chi connectivity index (χ1v) is 8.30. The molecule has 2 aromatic carbocycles. The highest BCUT2D eigenvalue weighted by atomic mass is 35.5. The van der Waals surface area contributed by atoms with Crippen LogP contribution in [0.5, 0.6) is 0 Å². The molecule has 1 amide bonds. The van der Waals surface area contributed by atoms with E-state index in [-0.39, 0.29) is 5.57 Å². The standard InChI is InChI=1S/C17H14ClN3OS/c1-23-16-7-3-5-14(9-16)20-11-12(10-19)17(22)21-15-6-2-4-13(18)8-15/h2-9,11,20H,1H3,(H,21,22)/b12-11-. The minimum absolute atomic E-state index is 0.0282. The lowest BCUT2D eigenvalue weighted by Crippen LogP contribution is -2.14. The average Bonchev–Trinajstić information content (AvgIpc) is 2.55. The maximum absolute atomic E-state index is 12.1. The number of benzene rings is 2. The molecule has 0 bridgehead atoms. The first-order chi connectivity index (χ1) is 11.1. The number of amides is 1. The topological polar surface area (TPSA) is 64.9 Å². The van der Waals surface area contributed by atoms with Gasteiger partial charge in [-0.2, -0.15) is 5.26 Å². The molecule has 0 saturated carbocycles. The highest BCUT2D eigenvalue weighted by Crippen LogP contribution is 2.19. The van der Waals surface area contributed by atoms with Gasteiger partial charge in [-0.3, -0.25) is 4.79 Å². The second-order valence-corrected chi connectivity index (χ2v) is 5.83. The lowest BCUT2D eigenvalue weighted by atomic mass is 10.2. The third-order valence-electron chi connectivity index (χ3n) is 2.90. The van der Waals surface area contributed by atoms with Crippen molar-refractivity contribution in [3.63, 3.8) is 0 Å². The van der Waals surface area contributed by atoms with Crippen LogP contribution in [0.2, 0.25) is 5.02 Å². The summed E-state index contributed by atoms with van der Waals surface area (Å²) >= 11 is 7.48. The van der Waals surface area contributed by atoms with E-state index in [2.05, 4.69) is 10.6 Å². The van der Waals surface area contributed by atoms with Gasteiger partial charge in [-0.15, -0.1) is 11.8 Å². The van der Waals surface area contributed by atoms with Gasteiger partial charge >= 0.3 is 0 Å². The Morgan fingerprint density at radius 2 is 1.96 bits per heavy atom. The van der Waals surface area contributed by atoms with Crippen LogP contribution in [0.25, 0.3) is 0 Å². The van der Waals surface area contributed by atoms with E-state index in [4.69, 9.17) is 16.9 Å². The van der Waals surface area contributed by atoms with Crippen molar-refractivity contribution in [1.82, 2.24) is 0 Å². The van der Waals surface area contributed by atoms with Crippen LogP contribution >= 0.6 is 23.4 Å². The third-order valence-corrected chi connectivity index (χ3v) is 3.86. The largest absolute Gasteiger partial charge is 0.360 e. The number of carbonyl (C=O) groups excluding carboxylic acids is 1. The molecule has 0 spiro atoms. The number of anilines is 2. The summed E-state index contributed by atoms with van der Waals surface area (Å²) in [5, 5.41) is 15.3. The summed E-state index contributed by atoms with van der Waals surface area (Å²) in [6, 6.07) is 16.3. The zero-order valence-corrected chi connectivity index (χ0v) is 13.9. The van der Waals surface area contributed by atoms with Crippen LogP contribution < -0.4 is 10.6 Å². The third kappa shape index (κ3) is 5.06. The van der Waals surface area contributed by atoms with Crippen molar-refractivity contribution in [1.29, 1.82) is 5.26 Å². The zero-order valence-electron chi connectivity index (χ0n) is 12.3. The predicted molar refractivity (Wildman–Crippen MR) is 95.6 cm³/mol. The van der Waals surface area contributed by atoms with Crippen molar-refractivity contribution < 1.29 is 4.79 Å². The Kier molecular flexibility index (Phi) is 6.10. The molecule has 0 heterocycles. The fourth-order valence-electron chi connectivity index (χ4n) is 1.78. The number of nitrogens with one attached hydrogen (secondary N) is 2. The van der Waals surface area contributed by atoms with Gasteiger partial charge in [0.25, 0.3) is 5.91 Å². The predicted octanol–water partition coefficient (Wildman–Crippen LogP) is 4.52. The van der Waals surface area contributed by atoms with E-state index < -0.39 is 5.91 Å². The van der Waals surface area contributed by atoms with Crippen LogP contribution in [0.3, 0.4) is 0 Å². The van der Waals surface area contributed by atoms with E-state index in [0.717, 1.165) is 10.6 Å². The van der Waals surface area contributed by atoms with E-state index in [0.29, 0.717) is 10.7 Å². The van der Waals surface area contributed by atoms with E-state index in [1.807, 2.05) is 36.6 Å². The van der Waals surface area contributed by atoms with Gasteiger partial charge < -0.3 is 10.6 Å². The first-order valence-electron chi connectivity index (χ1n) is 6.70. The number of thioether (sulfide) groups is 1. The maximum Gasteiger partial charge on any atom is 0.267 e. The van der Waals surface area contributed by atoms with E-state index in [1.54, 1.807) is 36.0 Å². The number of nitriles is 1. The van der Waals surface area contributed by atoms with Gasteiger partial charge in [0.15, 0.2) is 0 Å². The van der Waals surface area contributed by atoms with Crippen molar-refractivity contribution >= 4 is 40.6 Å². The Morgan fingerprint density at radius 3 is 2.65 bits per heavy atom. The molecule has 6 heteroatoms. The number of carbonyl (C=O) groups is 1. The molecule has 0 aliphatic carbocycles. The summed E-state index contributed by atoms with van der Waals surface area (Å²) in [4.78, 5) is 13.2. The smallest absolute Gasteiger partial charge is 0.267 e. The highest BCUT2D eigenvalue weighted by Gasteiger charge is 2.09. The molecule has 0 atom stereocenters. The molecular weight excluding hydrogens is 330 g/mol. The van der Waals surface area contributed by atoms with Gasteiger partial charge in [0, 0.05) is 27.5 Å². The molecule has 0 saturated heterocycles. The second-order valence-electron chi connectivity index (χ2n) is 4.51. The molecule has 0 fully saturated rings. The molecule has 0 radical (unpaired) electrons. The van der Waals surface area contributed by atoms with E-state index in [1.165, 1.54) is 6.20 Å². The Morgan fingerprint density at radius 1 is 1.22 bits per heavy atom. The molecule has 116 valence electrons. The summed E-state index contributed by atoms with van der Waals surface area (Å²) < 4.78 is 0. The molecule has 0 unspecified atom stereocenters. The lowest BCUT2D eigenvalue weighted by molar-refractivity contribution is -0.112. The zero-order chi connectivity index (χ0) is 16.7. The van der Waals surface area contributed by atoms with Crippen LogP contribution in [0.15, 0.2) is 65.2 Å². The molecule has 0 aromatic heterocycles. The maximum atomic E-state index is 12.1. The van der Waals surface area contributed by atoms with E-state index >= 15 is 0 Å². The van der Waals surface area contributed by atoms with Gasteiger partial charge in [0.05, 0.1) is 0 Å². The summed E-state index contributed by atoms with van der Waals surface area (Å²) in [6.45, 7) is 0. The van der Waals surface area contributed by atoms with Crippen LogP contribution in [-0.2, 0) is 4.79 Å². The summed E-state index contributed by atoms with van der Waals surface area (Å²) in [5.41, 5.74) is 1.31. The number of hydrogen-bond acceptors (Lipinski definition) is 4. The monoisotopic (exact) mass is 343 g/mol. The highest BCUT2D eigenvalue weighted by molar-refractivity contribution is 7.98. The lowest BCUT2D eigenvalue weighted by Gasteiger charge is -2.06. The number of rotatable bonds is 5. The minimum atomic E-state index is -0.497. The molecule has 2 N–H and O–H groups in total. The Labute approximate surface area is 144 Å². The van der Waals surface area contributed by atoms with Crippen molar-refractivity contribution in [2.24, 2.45) is 0 Å². The van der Waals surface area contributed by atoms with Crippen molar-refractivity contribution in [2.45, 2.75) is 4.90 Å². The molecule has 4 nitrogen and oxygen atoms in total. The van der Waals surface area contributed by atoms with Crippen LogP contribution in [0.1, 0.15) is 0 Å². The van der Waals surface area contributed by atoms with Crippen LogP contribution in [0.4, 0.5) is 11.4 Å². The first kappa shape index (κ1) is 16.9. The van der Waals surface area contributed by atoms with Crippen LogP contribution in [-0.4, -0.2) is 12.2 Å². The Balaban J connectivity index is 2.09. The molecule has 0 aliphatic rings. The van der Waals surface area contributed by atoms with Gasteiger partial charge in [-0.1, -0.05) is 23.7 Å². The van der Waals surface area contributed by atoms with Crippen molar-refractivity contribution in [3.8, 4) is 6.07 Å². The van der Waals surface area contributed by atoms with E-state index in [9.17, 15) is 4.79 Å². The molecular formula is C17H14ClN3OS. The molecule has 2 aromatic rings. The van der Waals surface area contributed by atoms with Crippen molar-refractivity contribution in [2.75, 3.05) is 16.9 Å². The number of halogens is 1. The normalized spacial score (nSPS) is 10.7. The molecule has 23 heavy (non-hydrogen) atoms. The number of nitrogens with zero attached hydrogens (tertiary/aromatic N) is 1. The number of hydrogen-bond donors (Lipinski definition) is 2. The molecule has 0 aliphatic heterocycles.